The molecule has 0 aliphatic carbocycles. The van der Waals surface area contributed by atoms with Gasteiger partial charge in [0.2, 0.25) is 0 Å². The fraction of sp³-hybridized carbons (Fsp3) is 0. The maximum Gasteiger partial charge on any atom is 0.271 e. The van der Waals surface area contributed by atoms with E-state index in [1.807, 2.05) is 6.07 Å². The fourth-order valence-corrected chi connectivity index (χ4v) is 1.73. The first kappa shape index (κ1) is 14.7. The van der Waals surface area contributed by atoms with Gasteiger partial charge in [0.25, 0.3) is 5.91 Å². The summed E-state index contributed by atoms with van der Waals surface area (Å²) in [5.41, 5.74) is 3.86. The standard InChI is InChI=1S/C15H12ClN3O2/c16-13-8-6-11(7-9-13)14(10-17-21)18-19-15(20)12-4-2-1-3-5-12/h1-10,21H,(H,19,20)/b17-10+,18-14+. The van der Waals surface area contributed by atoms with E-state index in [-0.39, 0.29) is 5.91 Å². The van der Waals surface area contributed by atoms with Gasteiger partial charge in [-0.2, -0.15) is 5.10 Å². The number of hydrazone groups is 1. The minimum atomic E-state index is -0.353. The van der Waals surface area contributed by atoms with Crippen molar-refractivity contribution in [3.63, 3.8) is 0 Å². The summed E-state index contributed by atoms with van der Waals surface area (Å²) >= 11 is 5.81. The third-order valence-corrected chi connectivity index (χ3v) is 2.89. The van der Waals surface area contributed by atoms with Gasteiger partial charge in [0, 0.05) is 16.1 Å². The molecule has 0 aromatic heterocycles. The van der Waals surface area contributed by atoms with Gasteiger partial charge in [0.05, 0.1) is 6.21 Å². The second kappa shape index (κ2) is 7.21. The Morgan fingerprint density at radius 2 is 1.71 bits per heavy atom. The highest BCUT2D eigenvalue weighted by Gasteiger charge is 2.05. The Hall–Kier alpha value is -2.66. The monoisotopic (exact) mass is 301 g/mol. The molecule has 1 amide bonds. The molecule has 0 unspecified atom stereocenters. The van der Waals surface area contributed by atoms with Crippen molar-refractivity contribution in [1.82, 2.24) is 5.43 Å². The van der Waals surface area contributed by atoms with Crippen LogP contribution in [0.1, 0.15) is 15.9 Å². The predicted molar refractivity (Wildman–Crippen MR) is 82.2 cm³/mol. The molecule has 0 saturated carbocycles. The number of rotatable bonds is 4. The van der Waals surface area contributed by atoms with Crippen LogP contribution in [0.2, 0.25) is 5.02 Å². The number of oxime groups is 1. The van der Waals surface area contributed by atoms with Crippen molar-refractivity contribution in [2.24, 2.45) is 10.3 Å². The molecule has 0 spiro atoms. The summed E-state index contributed by atoms with van der Waals surface area (Å²) in [5.74, 6) is -0.353. The van der Waals surface area contributed by atoms with Crippen molar-refractivity contribution < 1.29 is 10.0 Å². The molecule has 0 fully saturated rings. The zero-order valence-electron chi connectivity index (χ0n) is 10.9. The molecule has 0 bridgehead atoms. The average molecular weight is 302 g/mol. The Bertz CT molecular complexity index is 667. The second-order valence-electron chi connectivity index (χ2n) is 4.06. The summed E-state index contributed by atoms with van der Waals surface area (Å²) in [6.07, 6.45) is 1.13. The van der Waals surface area contributed by atoms with E-state index in [1.165, 1.54) is 0 Å². The second-order valence-corrected chi connectivity index (χ2v) is 4.49. The highest BCUT2D eigenvalue weighted by molar-refractivity contribution is 6.38. The van der Waals surface area contributed by atoms with Gasteiger partial charge in [-0.3, -0.25) is 4.79 Å². The minimum Gasteiger partial charge on any atom is -0.411 e. The highest BCUT2D eigenvalue weighted by atomic mass is 35.5. The van der Waals surface area contributed by atoms with E-state index in [4.69, 9.17) is 16.8 Å². The van der Waals surface area contributed by atoms with Crippen molar-refractivity contribution in [3.8, 4) is 0 Å². The summed E-state index contributed by atoms with van der Waals surface area (Å²) in [6, 6.07) is 15.4. The molecule has 21 heavy (non-hydrogen) atoms. The zero-order valence-corrected chi connectivity index (χ0v) is 11.7. The molecular weight excluding hydrogens is 290 g/mol. The molecule has 0 saturated heterocycles. The Kier molecular flexibility index (Phi) is 5.06. The van der Waals surface area contributed by atoms with E-state index >= 15 is 0 Å². The molecule has 5 nitrogen and oxygen atoms in total. The van der Waals surface area contributed by atoms with Gasteiger partial charge in [-0.05, 0) is 24.3 Å². The van der Waals surface area contributed by atoms with Crippen LogP contribution < -0.4 is 5.43 Å². The van der Waals surface area contributed by atoms with E-state index in [0.717, 1.165) is 6.21 Å². The third kappa shape index (κ3) is 4.15. The van der Waals surface area contributed by atoms with Gasteiger partial charge in [-0.25, -0.2) is 5.43 Å². The van der Waals surface area contributed by atoms with Gasteiger partial charge in [0.15, 0.2) is 0 Å². The lowest BCUT2D eigenvalue weighted by molar-refractivity contribution is 0.0955. The van der Waals surface area contributed by atoms with Gasteiger partial charge in [-0.15, -0.1) is 0 Å². The molecule has 0 heterocycles. The first-order chi connectivity index (χ1) is 10.2. The maximum atomic E-state index is 11.9. The zero-order chi connectivity index (χ0) is 15.1. The predicted octanol–water partition coefficient (Wildman–Crippen LogP) is 2.93. The van der Waals surface area contributed by atoms with Crippen LogP contribution in [0, 0.1) is 0 Å². The quantitative estimate of drug-likeness (QED) is 0.517. The molecule has 2 aromatic rings. The number of carbonyl (C=O) groups is 1. The van der Waals surface area contributed by atoms with Gasteiger partial charge >= 0.3 is 0 Å². The van der Waals surface area contributed by atoms with Crippen LogP contribution >= 0.6 is 11.6 Å². The van der Waals surface area contributed by atoms with Crippen LogP contribution in [0.25, 0.3) is 0 Å². The number of halogens is 1. The van der Waals surface area contributed by atoms with E-state index in [0.29, 0.717) is 21.9 Å². The van der Waals surface area contributed by atoms with Crippen molar-refractivity contribution in [1.29, 1.82) is 0 Å². The molecule has 0 radical (unpaired) electrons. The first-order valence-electron chi connectivity index (χ1n) is 6.07. The molecule has 2 N–H and O–H groups in total. The number of nitrogens with one attached hydrogen (secondary N) is 1. The Morgan fingerprint density at radius 3 is 2.33 bits per heavy atom. The third-order valence-electron chi connectivity index (χ3n) is 2.63. The molecule has 106 valence electrons. The van der Waals surface area contributed by atoms with E-state index in [2.05, 4.69) is 15.7 Å². The topological polar surface area (TPSA) is 74.0 Å². The molecule has 2 rings (SSSR count). The number of benzene rings is 2. The summed E-state index contributed by atoms with van der Waals surface area (Å²) < 4.78 is 0. The molecule has 0 atom stereocenters. The van der Waals surface area contributed by atoms with Crippen LogP contribution in [-0.2, 0) is 0 Å². The van der Waals surface area contributed by atoms with Crippen LogP contribution in [-0.4, -0.2) is 23.0 Å². The lowest BCUT2D eigenvalue weighted by Gasteiger charge is -2.03. The SMILES string of the molecule is O=C(N/N=C(\C=N\O)c1ccc(Cl)cc1)c1ccccc1. The lowest BCUT2D eigenvalue weighted by Crippen LogP contribution is -2.20. The number of carbonyl (C=O) groups excluding carboxylic acids is 1. The number of amides is 1. The van der Waals surface area contributed by atoms with Gasteiger partial charge < -0.3 is 5.21 Å². The van der Waals surface area contributed by atoms with Crippen LogP contribution in [0.15, 0.2) is 64.9 Å². The van der Waals surface area contributed by atoms with Gasteiger partial charge in [-0.1, -0.05) is 47.1 Å². The normalized spacial score (nSPS) is 11.6. The van der Waals surface area contributed by atoms with Crippen LogP contribution in [0.4, 0.5) is 0 Å². The van der Waals surface area contributed by atoms with E-state index in [9.17, 15) is 4.79 Å². The maximum absolute atomic E-state index is 11.9. The fourth-order valence-electron chi connectivity index (χ4n) is 1.61. The largest absolute Gasteiger partial charge is 0.411 e. The molecule has 6 heteroatoms. The van der Waals surface area contributed by atoms with Crippen LogP contribution in [0.5, 0.6) is 0 Å². The summed E-state index contributed by atoms with van der Waals surface area (Å²) in [5, 5.41) is 16.2. The number of hydrogen-bond donors (Lipinski definition) is 2. The molecular formula is C15H12ClN3O2. The van der Waals surface area contributed by atoms with Crippen molar-refractivity contribution in [3.05, 3.63) is 70.7 Å². The summed E-state index contributed by atoms with van der Waals surface area (Å²) in [6.45, 7) is 0. The number of hydrogen-bond acceptors (Lipinski definition) is 4. The van der Waals surface area contributed by atoms with Gasteiger partial charge in [0.1, 0.15) is 5.71 Å². The Morgan fingerprint density at radius 1 is 1.05 bits per heavy atom. The average Bonchev–Trinajstić information content (AvgIpc) is 2.53. The minimum absolute atomic E-state index is 0.304. The van der Waals surface area contributed by atoms with Crippen molar-refractivity contribution in [2.75, 3.05) is 0 Å². The van der Waals surface area contributed by atoms with Crippen molar-refractivity contribution in [2.45, 2.75) is 0 Å². The number of nitrogens with zero attached hydrogens (tertiary/aromatic N) is 2. The smallest absolute Gasteiger partial charge is 0.271 e. The summed E-state index contributed by atoms with van der Waals surface area (Å²) in [4.78, 5) is 11.9. The Balaban J connectivity index is 2.19. The van der Waals surface area contributed by atoms with Crippen LogP contribution in [0.3, 0.4) is 0 Å². The van der Waals surface area contributed by atoms with E-state index < -0.39 is 0 Å². The Labute approximate surface area is 126 Å². The van der Waals surface area contributed by atoms with Crippen molar-refractivity contribution >= 4 is 29.4 Å². The molecule has 0 aliphatic rings. The molecule has 2 aromatic carbocycles. The summed E-state index contributed by atoms with van der Waals surface area (Å²) in [7, 11) is 0. The lowest BCUT2D eigenvalue weighted by atomic mass is 10.1. The molecule has 0 aliphatic heterocycles. The first-order valence-corrected chi connectivity index (χ1v) is 6.45. The van der Waals surface area contributed by atoms with E-state index in [1.54, 1.807) is 48.5 Å². The highest BCUT2D eigenvalue weighted by Crippen LogP contribution is 2.10.